The zero-order valence-corrected chi connectivity index (χ0v) is 12.6. The molecule has 1 aromatic heterocycles. The van der Waals surface area contributed by atoms with Crippen molar-refractivity contribution in [1.29, 1.82) is 0 Å². The number of ether oxygens (including phenoxy) is 2. The number of benzene rings is 2. The average molecular weight is 317 g/mol. The molecule has 0 aliphatic rings. The van der Waals surface area contributed by atoms with E-state index in [0.29, 0.717) is 21.9 Å². The molecular formula is C17H13ClO4. The molecule has 0 radical (unpaired) electrons. The van der Waals surface area contributed by atoms with Gasteiger partial charge < -0.3 is 13.9 Å². The van der Waals surface area contributed by atoms with Crippen molar-refractivity contribution < 1.29 is 18.7 Å². The van der Waals surface area contributed by atoms with E-state index in [9.17, 15) is 4.79 Å². The first kappa shape index (κ1) is 14.6. The fourth-order valence-electron chi connectivity index (χ4n) is 2.24. The second kappa shape index (κ2) is 6.22. The molecule has 0 saturated carbocycles. The highest BCUT2D eigenvalue weighted by molar-refractivity contribution is 6.30. The van der Waals surface area contributed by atoms with Gasteiger partial charge in [0.15, 0.2) is 0 Å². The Hall–Kier alpha value is -2.30. The summed E-state index contributed by atoms with van der Waals surface area (Å²) in [5, 5.41) is 1.33. The Morgan fingerprint density at radius 3 is 2.77 bits per heavy atom. The van der Waals surface area contributed by atoms with Gasteiger partial charge in [-0.2, -0.15) is 0 Å². The van der Waals surface area contributed by atoms with Gasteiger partial charge in [-0.25, -0.2) is 4.79 Å². The zero-order chi connectivity index (χ0) is 15.5. The van der Waals surface area contributed by atoms with Gasteiger partial charge in [0.1, 0.15) is 11.3 Å². The molecule has 0 aliphatic heterocycles. The van der Waals surface area contributed by atoms with Crippen LogP contribution in [0.1, 0.15) is 16.1 Å². The van der Waals surface area contributed by atoms with Crippen molar-refractivity contribution in [2.75, 3.05) is 7.11 Å². The van der Waals surface area contributed by atoms with Crippen molar-refractivity contribution in [2.45, 2.75) is 6.61 Å². The number of para-hydroxylation sites is 1. The van der Waals surface area contributed by atoms with Gasteiger partial charge in [-0.3, -0.25) is 0 Å². The number of fused-ring (bicyclic) bond motifs is 1. The lowest BCUT2D eigenvalue weighted by Crippen LogP contribution is -2.10. The minimum Gasteiger partial charge on any atom is -0.449 e. The molecule has 5 heteroatoms. The van der Waals surface area contributed by atoms with Crippen LogP contribution in [0, 0.1) is 0 Å². The molecular weight excluding hydrogens is 304 g/mol. The molecule has 4 nitrogen and oxygen atoms in total. The van der Waals surface area contributed by atoms with Crippen molar-refractivity contribution in [3.8, 4) is 5.75 Å². The van der Waals surface area contributed by atoms with E-state index in [1.807, 2.05) is 18.2 Å². The largest absolute Gasteiger partial charge is 0.449 e. The summed E-state index contributed by atoms with van der Waals surface area (Å²) in [6.07, 6.45) is 0. The van der Waals surface area contributed by atoms with E-state index >= 15 is 0 Å². The summed E-state index contributed by atoms with van der Waals surface area (Å²) >= 11 is 5.88. The normalized spacial score (nSPS) is 10.8. The molecule has 2 aromatic carbocycles. The molecule has 112 valence electrons. The van der Waals surface area contributed by atoms with Crippen LogP contribution in [-0.4, -0.2) is 13.1 Å². The Balaban J connectivity index is 1.98. The van der Waals surface area contributed by atoms with E-state index in [2.05, 4.69) is 0 Å². The first-order valence-electron chi connectivity index (χ1n) is 6.66. The number of furan rings is 1. The van der Waals surface area contributed by atoms with Crippen molar-refractivity contribution in [3.63, 3.8) is 0 Å². The van der Waals surface area contributed by atoms with Crippen LogP contribution in [0.5, 0.6) is 5.75 Å². The van der Waals surface area contributed by atoms with Crippen molar-refractivity contribution in [2.24, 2.45) is 0 Å². The van der Waals surface area contributed by atoms with Gasteiger partial charge in [0.2, 0.25) is 5.76 Å². The smallest absolute Gasteiger partial charge is 0.380 e. The summed E-state index contributed by atoms with van der Waals surface area (Å²) in [6, 6.07) is 14.0. The van der Waals surface area contributed by atoms with Crippen LogP contribution in [0.15, 0.2) is 52.9 Å². The molecule has 0 unspecified atom stereocenters. The Morgan fingerprint density at radius 2 is 2.00 bits per heavy atom. The monoisotopic (exact) mass is 316 g/mol. The predicted octanol–water partition coefficient (Wildman–Crippen LogP) is 4.45. The molecule has 0 spiro atoms. The Kier molecular flexibility index (Phi) is 4.13. The van der Waals surface area contributed by atoms with Crippen LogP contribution in [0.3, 0.4) is 0 Å². The van der Waals surface area contributed by atoms with Crippen LogP contribution in [-0.2, 0) is 11.3 Å². The van der Waals surface area contributed by atoms with E-state index in [0.717, 1.165) is 5.39 Å². The number of esters is 1. The Morgan fingerprint density at radius 1 is 1.18 bits per heavy atom. The second-order valence-electron chi connectivity index (χ2n) is 4.69. The van der Waals surface area contributed by atoms with Crippen LogP contribution in [0.25, 0.3) is 11.0 Å². The number of carbonyl (C=O) groups is 1. The minimum absolute atomic E-state index is 0.142. The average Bonchev–Trinajstić information content (AvgIpc) is 2.87. The summed E-state index contributed by atoms with van der Waals surface area (Å²) in [7, 11) is 1.56. The third-order valence-electron chi connectivity index (χ3n) is 3.18. The number of methoxy groups -OCH3 is 1. The highest BCUT2D eigenvalue weighted by atomic mass is 35.5. The van der Waals surface area contributed by atoms with Crippen LogP contribution in [0.2, 0.25) is 5.02 Å². The molecule has 0 amide bonds. The Labute approximate surface area is 132 Å². The summed E-state index contributed by atoms with van der Waals surface area (Å²) < 4.78 is 16.1. The number of hydrogen-bond donors (Lipinski definition) is 0. The maximum Gasteiger partial charge on any atom is 0.380 e. The molecule has 3 rings (SSSR count). The molecule has 0 bridgehead atoms. The van der Waals surface area contributed by atoms with E-state index in [4.69, 9.17) is 25.5 Å². The first-order chi connectivity index (χ1) is 10.7. The lowest BCUT2D eigenvalue weighted by Gasteiger charge is -2.04. The molecule has 0 aliphatic carbocycles. The molecule has 0 atom stereocenters. The van der Waals surface area contributed by atoms with Gasteiger partial charge in [-0.1, -0.05) is 35.9 Å². The van der Waals surface area contributed by atoms with E-state index in [-0.39, 0.29) is 12.4 Å². The molecule has 0 saturated heterocycles. The van der Waals surface area contributed by atoms with Crippen LogP contribution >= 0.6 is 11.6 Å². The molecule has 0 fully saturated rings. The highest BCUT2D eigenvalue weighted by Crippen LogP contribution is 2.28. The van der Waals surface area contributed by atoms with Gasteiger partial charge in [0, 0.05) is 23.1 Å². The predicted molar refractivity (Wildman–Crippen MR) is 83.3 cm³/mol. The second-order valence-corrected chi connectivity index (χ2v) is 5.12. The number of carbonyl (C=O) groups excluding carboxylic acids is 1. The topological polar surface area (TPSA) is 48.7 Å². The summed E-state index contributed by atoms with van der Waals surface area (Å²) in [6.45, 7) is 0.261. The van der Waals surface area contributed by atoms with Crippen molar-refractivity contribution in [1.82, 2.24) is 0 Å². The fourth-order valence-corrected chi connectivity index (χ4v) is 2.42. The fraction of sp³-hybridized carbons (Fsp3) is 0.118. The standard InChI is InChI=1S/C17H13ClO4/c1-20-10-14-13-7-2-3-8-15(13)22-16(14)17(19)21-12-6-4-5-11(18)9-12/h2-9H,10H2,1H3. The van der Waals surface area contributed by atoms with Gasteiger partial charge in [-0.15, -0.1) is 0 Å². The van der Waals surface area contributed by atoms with Crippen molar-refractivity contribution >= 4 is 28.5 Å². The first-order valence-corrected chi connectivity index (χ1v) is 7.04. The number of rotatable bonds is 4. The van der Waals surface area contributed by atoms with Gasteiger partial charge in [0.05, 0.1) is 6.61 Å². The van der Waals surface area contributed by atoms with Gasteiger partial charge in [-0.05, 0) is 24.3 Å². The summed E-state index contributed by atoms with van der Waals surface area (Å²) in [5.41, 5.74) is 1.29. The van der Waals surface area contributed by atoms with E-state index < -0.39 is 5.97 Å². The molecule has 0 N–H and O–H groups in total. The van der Waals surface area contributed by atoms with Crippen LogP contribution < -0.4 is 4.74 Å². The van der Waals surface area contributed by atoms with Crippen LogP contribution in [0.4, 0.5) is 0 Å². The Bertz CT molecular complexity index is 822. The quantitative estimate of drug-likeness (QED) is 0.527. The maximum absolute atomic E-state index is 12.4. The van der Waals surface area contributed by atoms with Crippen molar-refractivity contribution in [3.05, 3.63) is 64.9 Å². The lowest BCUT2D eigenvalue weighted by molar-refractivity contribution is 0.0697. The van der Waals surface area contributed by atoms with Gasteiger partial charge >= 0.3 is 5.97 Å². The minimum atomic E-state index is -0.578. The molecule has 3 aromatic rings. The third kappa shape index (κ3) is 2.84. The summed E-state index contributed by atoms with van der Waals surface area (Å²) in [5.74, 6) is -0.0742. The lowest BCUT2D eigenvalue weighted by atomic mass is 10.1. The highest BCUT2D eigenvalue weighted by Gasteiger charge is 2.22. The van der Waals surface area contributed by atoms with E-state index in [1.165, 1.54) is 0 Å². The number of halogens is 1. The molecule has 1 heterocycles. The summed E-state index contributed by atoms with van der Waals surface area (Å²) in [4.78, 5) is 12.4. The van der Waals surface area contributed by atoms with E-state index in [1.54, 1.807) is 37.4 Å². The van der Waals surface area contributed by atoms with Gasteiger partial charge in [0.25, 0.3) is 0 Å². The SMILES string of the molecule is COCc1c(C(=O)Oc2cccc(Cl)c2)oc2ccccc12. The number of hydrogen-bond acceptors (Lipinski definition) is 4. The third-order valence-corrected chi connectivity index (χ3v) is 3.41. The molecule has 22 heavy (non-hydrogen) atoms. The zero-order valence-electron chi connectivity index (χ0n) is 11.8. The maximum atomic E-state index is 12.4.